The lowest BCUT2D eigenvalue weighted by Crippen LogP contribution is -2.54. The van der Waals surface area contributed by atoms with E-state index in [0.717, 1.165) is 0 Å². The van der Waals surface area contributed by atoms with Gasteiger partial charge in [-0.2, -0.15) is 0 Å². The first-order chi connectivity index (χ1) is 10.6. The number of ether oxygens (including phenoxy) is 2. The minimum atomic E-state index is -0.698. The third-order valence-electron chi connectivity index (χ3n) is 3.92. The van der Waals surface area contributed by atoms with Crippen LogP contribution in [0.2, 0.25) is 0 Å². The number of carbonyl (C=O) groups excluding carboxylic acids is 3. The van der Waals surface area contributed by atoms with Crippen LogP contribution in [0.3, 0.4) is 0 Å². The summed E-state index contributed by atoms with van der Waals surface area (Å²) in [6.07, 6.45) is 1.04. The van der Waals surface area contributed by atoms with Crippen LogP contribution in [0.5, 0.6) is 0 Å². The number of morpholine rings is 2. The topological polar surface area (TPSA) is 102 Å². The van der Waals surface area contributed by atoms with E-state index >= 15 is 0 Å². The molecule has 0 aromatic carbocycles. The molecule has 1 atom stereocenters. The number of nitrogens with zero attached hydrogens (tertiary/aromatic N) is 2. The van der Waals surface area contributed by atoms with Crippen molar-refractivity contribution in [3.8, 4) is 0 Å². The lowest BCUT2D eigenvalue weighted by atomic mass is 10.1. The second-order valence-corrected chi connectivity index (χ2v) is 5.43. The van der Waals surface area contributed by atoms with Gasteiger partial charge in [0.25, 0.3) is 0 Å². The van der Waals surface area contributed by atoms with E-state index in [-0.39, 0.29) is 24.8 Å². The van der Waals surface area contributed by atoms with Crippen LogP contribution in [-0.4, -0.2) is 79.6 Å². The number of hydrogen-bond acceptors (Lipinski definition) is 5. The average Bonchev–Trinajstić information content (AvgIpc) is 2.55. The van der Waals surface area contributed by atoms with Gasteiger partial charge in [0.15, 0.2) is 0 Å². The Kier molecular flexibility index (Phi) is 6.14. The average molecular weight is 313 g/mol. The van der Waals surface area contributed by atoms with E-state index in [1.807, 2.05) is 0 Å². The van der Waals surface area contributed by atoms with Crippen molar-refractivity contribution < 1.29 is 23.9 Å². The highest BCUT2D eigenvalue weighted by Gasteiger charge is 2.31. The third kappa shape index (κ3) is 4.41. The van der Waals surface area contributed by atoms with Gasteiger partial charge in [-0.25, -0.2) is 0 Å². The van der Waals surface area contributed by atoms with Crippen molar-refractivity contribution in [1.82, 2.24) is 9.80 Å². The predicted molar refractivity (Wildman–Crippen MR) is 76.8 cm³/mol. The third-order valence-corrected chi connectivity index (χ3v) is 3.92. The van der Waals surface area contributed by atoms with Crippen molar-refractivity contribution in [2.75, 3.05) is 46.1 Å². The molecule has 0 aliphatic carbocycles. The smallest absolute Gasteiger partial charge is 0.242 e. The summed E-state index contributed by atoms with van der Waals surface area (Å²) in [6, 6.07) is -0.698. The number of primary amides is 1. The summed E-state index contributed by atoms with van der Waals surface area (Å²) >= 11 is 0. The Morgan fingerprint density at radius 3 is 2.27 bits per heavy atom. The first-order valence-corrected chi connectivity index (χ1v) is 7.61. The largest absolute Gasteiger partial charge is 0.378 e. The van der Waals surface area contributed by atoms with Crippen LogP contribution >= 0.6 is 0 Å². The molecule has 124 valence electrons. The first-order valence-electron chi connectivity index (χ1n) is 7.61. The zero-order chi connectivity index (χ0) is 15.9. The maximum Gasteiger partial charge on any atom is 0.242 e. The molecule has 2 heterocycles. The van der Waals surface area contributed by atoms with Crippen molar-refractivity contribution in [3.63, 3.8) is 0 Å². The van der Waals surface area contributed by atoms with E-state index in [9.17, 15) is 14.4 Å². The zero-order valence-corrected chi connectivity index (χ0v) is 12.7. The van der Waals surface area contributed by atoms with Crippen molar-refractivity contribution in [3.05, 3.63) is 0 Å². The van der Waals surface area contributed by atoms with Crippen molar-refractivity contribution >= 4 is 17.7 Å². The van der Waals surface area contributed by atoms with E-state index in [1.165, 1.54) is 4.90 Å². The van der Waals surface area contributed by atoms with Crippen molar-refractivity contribution in [1.29, 1.82) is 0 Å². The molecule has 0 spiro atoms. The van der Waals surface area contributed by atoms with E-state index in [4.69, 9.17) is 15.2 Å². The molecule has 2 N–H and O–H groups in total. The molecule has 2 aliphatic rings. The standard InChI is InChI=1S/C14H23N3O5/c15-14(20)11-10-22-9-6-17(11)13(19)3-1-2-12(18)16-4-7-21-8-5-16/h11H,1-10H2,(H2,15,20)/t11-/m1/s1. The van der Waals surface area contributed by atoms with Gasteiger partial charge in [-0.15, -0.1) is 0 Å². The molecule has 0 unspecified atom stereocenters. The number of carbonyl (C=O) groups is 3. The summed E-state index contributed by atoms with van der Waals surface area (Å²) in [5.74, 6) is -0.663. The molecule has 2 aliphatic heterocycles. The number of rotatable bonds is 5. The summed E-state index contributed by atoms with van der Waals surface area (Å²) in [4.78, 5) is 38.7. The van der Waals surface area contributed by atoms with Gasteiger partial charge in [0.2, 0.25) is 17.7 Å². The molecule has 0 saturated carbocycles. The second kappa shape index (κ2) is 8.09. The van der Waals surface area contributed by atoms with E-state index in [2.05, 4.69) is 0 Å². The van der Waals surface area contributed by atoms with Gasteiger partial charge in [0.05, 0.1) is 26.4 Å². The van der Waals surface area contributed by atoms with E-state index in [0.29, 0.717) is 52.3 Å². The highest BCUT2D eigenvalue weighted by molar-refractivity contribution is 5.87. The summed E-state index contributed by atoms with van der Waals surface area (Å²) in [5.41, 5.74) is 5.28. The fraction of sp³-hybridized carbons (Fsp3) is 0.786. The Morgan fingerprint density at radius 2 is 1.59 bits per heavy atom. The fourth-order valence-electron chi connectivity index (χ4n) is 2.64. The SMILES string of the molecule is NC(=O)[C@H]1COCCN1C(=O)CCCC(=O)N1CCOCC1. The van der Waals surface area contributed by atoms with Crippen LogP contribution in [0.25, 0.3) is 0 Å². The molecular weight excluding hydrogens is 290 g/mol. The maximum atomic E-state index is 12.2. The van der Waals surface area contributed by atoms with Crippen LogP contribution in [0.1, 0.15) is 19.3 Å². The van der Waals surface area contributed by atoms with Gasteiger partial charge in [-0.05, 0) is 6.42 Å². The van der Waals surface area contributed by atoms with Gasteiger partial charge >= 0.3 is 0 Å². The summed E-state index contributed by atoms with van der Waals surface area (Å²) in [6.45, 7) is 3.28. The molecule has 0 radical (unpaired) electrons. The molecule has 22 heavy (non-hydrogen) atoms. The van der Waals surface area contributed by atoms with E-state index in [1.54, 1.807) is 4.90 Å². The lowest BCUT2D eigenvalue weighted by Gasteiger charge is -2.33. The number of nitrogens with two attached hydrogens (primary N) is 1. The first kappa shape index (κ1) is 16.7. The molecule has 2 rings (SSSR count). The van der Waals surface area contributed by atoms with Crippen LogP contribution in [0.15, 0.2) is 0 Å². The van der Waals surface area contributed by atoms with E-state index < -0.39 is 11.9 Å². The lowest BCUT2D eigenvalue weighted by molar-refractivity contribution is -0.147. The van der Waals surface area contributed by atoms with Crippen molar-refractivity contribution in [2.24, 2.45) is 5.73 Å². The van der Waals surface area contributed by atoms with Gasteiger partial charge in [0, 0.05) is 32.5 Å². The minimum Gasteiger partial charge on any atom is -0.378 e. The van der Waals surface area contributed by atoms with Gasteiger partial charge in [-0.3, -0.25) is 14.4 Å². The molecule has 0 aromatic rings. The Bertz CT molecular complexity index is 423. The Balaban J connectivity index is 1.74. The Morgan fingerprint density at radius 1 is 0.955 bits per heavy atom. The van der Waals surface area contributed by atoms with Crippen LogP contribution in [0.4, 0.5) is 0 Å². The van der Waals surface area contributed by atoms with Crippen molar-refractivity contribution in [2.45, 2.75) is 25.3 Å². The molecule has 2 saturated heterocycles. The quantitative estimate of drug-likeness (QED) is 0.682. The molecule has 8 nitrogen and oxygen atoms in total. The van der Waals surface area contributed by atoms with Crippen LogP contribution < -0.4 is 5.73 Å². The van der Waals surface area contributed by atoms with Crippen LogP contribution in [-0.2, 0) is 23.9 Å². The summed E-state index contributed by atoms with van der Waals surface area (Å²) in [7, 11) is 0. The molecule has 8 heteroatoms. The zero-order valence-electron chi connectivity index (χ0n) is 12.7. The highest BCUT2D eigenvalue weighted by atomic mass is 16.5. The monoisotopic (exact) mass is 313 g/mol. The molecular formula is C14H23N3O5. The molecule has 0 aromatic heterocycles. The molecule has 0 bridgehead atoms. The van der Waals surface area contributed by atoms with Gasteiger partial charge in [0.1, 0.15) is 6.04 Å². The minimum absolute atomic E-state index is 0.0459. The number of amides is 3. The summed E-state index contributed by atoms with van der Waals surface area (Å²) in [5, 5.41) is 0. The molecule has 3 amide bonds. The number of hydrogen-bond donors (Lipinski definition) is 1. The summed E-state index contributed by atoms with van der Waals surface area (Å²) < 4.78 is 10.4. The Labute approximate surface area is 129 Å². The van der Waals surface area contributed by atoms with Crippen LogP contribution in [0, 0.1) is 0 Å². The Hall–Kier alpha value is -1.67. The fourth-order valence-corrected chi connectivity index (χ4v) is 2.64. The predicted octanol–water partition coefficient (Wildman–Crippen LogP) is -1.27. The van der Waals surface area contributed by atoms with Gasteiger partial charge in [-0.1, -0.05) is 0 Å². The molecule has 2 fully saturated rings. The second-order valence-electron chi connectivity index (χ2n) is 5.43. The highest BCUT2D eigenvalue weighted by Crippen LogP contribution is 2.11. The maximum absolute atomic E-state index is 12.2. The van der Waals surface area contributed by atoms with Gasteiger partial charge < -0.3 is 25.0 Å². The normalized spacial score (nSPS) is 22.5.